The summed E-state index contributed by atoms with van der Waals surface area (Å²) in [4.78, 5) is 1.08. The highest BCUT2D eigenvalue weighted by Gasteiger charge is 2.30. The van der Waals surface area contributed by atoms with Gasteiger partial charge < -0.3 is 4.74 Å². The summed E-state index contributed by atoms with van der Waals surface area (Å²) in [6, 6.07) is 11.3. The number of halogens is 4. The molecule has 2 aromatic carbocycles. The molecule has 26 heavy (non-hydrogen) atoms. The van der Waals surface area contributed by atoms with E-state index in [0.717, 1.165) is 62.1 Å². The smallest absolute Gasteiger partial charge is 0.416 e. The van der Waals surface area contributed by atoms with Crippen LogP contribution in [0.25, 0.3) is 21.2 Å². The highest BCUT2D eigenvalue weighted by atomic mass is 79.9. The topological polar surface area (TPSA) is 9.23 Å². The molecule has 0 bridgehead atoms. The van der Waals surface area contributed by atoms with Crippen LogP contribution in [0.4, 0.5) is 13.2 Å². The summed E-state index contributed by atoms with van der Waals surface area (Å²) in [7, 11) is 0. The largest absolute Gasteiger partial charge is 0.494 e. The molecule has 0 aliphatic rings. The van der Waals surface area contributed by atoms with Crippen LogP contribution in [0.15, 0.2) is 42.5 Å². The highest BCUT2D eigenvalue weighted by molar-refractivity contribution is 9.09. The van der Waals surface area contributed by atoms with E-state index in [1.165, 1.54) is 0 Å². The minimum Gasteiger partial charge on any atom is -0.494 e. The molecule has 1 aromatic heterocycles. The first-order chi connectivity index (χ1) is 12.4. The molecule has 0 unspecified atom stereocenters. The Labute approximate surface area is 162 Å². The lowest BCUT2D eigenvalue weighted by Gasteiger charge is -2.08. The number of benzene rings is 2. The van der Waals surface area contributed by atoms with Crippen molar-refractivity contribution in [3.8, 4) is 16.9 Å². The molecule has 0 amide bonds. The molecular formula is C20H18BrF3OS. The van der Waals surface area contributed by atoms with Gasteiger partial charge in [-0.3, -0.25) is 0 Å². The van der Waals surface area contributed by atoms with E-state index in [2.05, 4.69) is 15.9 Å². The molecule has 138 valence electrons. The molecular weight excluding hydrogens is 425 g/mol. The molecule has 0 saturated heterocycles. The number of rotatable bonds is 6. The van der Waals surface area contributed by atoms with E-state index in [1.54, 1.807) is 23.5 Å². The van der Waals surface area contributed by atoms with Crippen LogP contribution in [-0.2, 0) is 6.18 Å². The minimum absolute atomic E-state index is 0.627. The number of ether oxygens (including phenoxy) is 1. The average Bonchev–Trinajstić information content (AvgIpc) is 2.93. The number of alkyl halides is 4. The van der Waals surface area contributed by atoms with Crippen molar-refractivity contribution in [3.63, 3.8) is 0 Å². The summed E-state index contributed by atoms with van der Waals surface area (Å²) in [5.74, 6) is 0.826. The summed E-state index contributed by atoms with van der Waals surface area (Å²) in [5.41, 5.74) is 1.16. The quantitative estimate of drug-likeness (QED) is 0.284. The Morgan fingerprint density at radius 3 is 2.42 bits per heavy atom. The van der Waals surface area contributed by atoms with Crippen molar-refractivity contribution in [3.05, 3.63) is 52.9 Å². The molecule has 3 aromatic rings. The lowest BCUT2D eigenvalue weighted by molar-refractivity contribution is -0.137. The molecule has 0 atom stereocenters. The van der Waals surface area contributed by atoms with Gasteiger partial charge in [0, 0.05) is 25.9 Å². The molecule has 1 heterocycles. The lowest BCUT2D eigenvalue weighted by Crippen LogP contribution is -2.03. The van der Waals surface area contributed by atoms with E-state index < -0.39 is 11.7 Å². The standard InChI is InChI=1S/C20H18BrF3OS/c1-13-19(14-4-6-15(7-5-14)20(22,23)24)17-9-8-16(12-18(17)26-13)25-11-3-2-10-21/h4-9,12H,2-3,10-11H2,1H3. The third kappa shape index (κ3) is 4.23. The average molecular weight is 443 g/mol. The number of hydrogen-bond acceptors (Lipinski definition) is 2. The van der Waals surface area contributed by atoms with E-state index in [-0.39, 0.29) is 0 Å². The summed E-state index contributed by atoms with van der Waals surface area (Å²) < 4.78 is 45.2. The molecule has 0 fully saturated rings. The molecule has 0 spiro atoms. The van der Waals surface area contributed by atoms with Gasteiger partial charge in [-0.25, -0.2) is 0 Å². The number of aryl methyl sites for hydroxylation is 1. The second-order valence-electron chi connectivity index (χ2n) is 6.01. The van der Waals surface area contributed by atoms with Gasteiger partial charge in [0.25, 0.3) is 0 Å². The van der Waals surface area contributed by atoms with Crippen LogP contribution in [0.1, 0.15) is 23.3 Å². The highest BCUT2D eigenvalue weighted by Crippen LogP contribution is 2.40. The summed E-state index contributed by atoms with van der Waals surface area (Å²) in [5, 5.41) is 2.01. The first-order valence-corrected chi connectivity index (χ1v) is 10.2. The fraction of sp³-hybridized carbons (Fsp3) is 0.300. The van der Waals surface area contributed by atoms with Crippen molar-refractivity contribution in [1.29, 1.82) is 0 Å². The van der Waals surface area contributed by atoms with Gasteiger partial charge >= 0.3 is 6.18 Å². The monoisotopic (exact) mass is 442 g/mol. The van der Waals surface area contributed by atoms with Crippen LogP contribution in [0.2, 0.25) is 0 Å². The second kappa shape index (κ2) is 8.01. The van der Waals surface area contributed by atoms with Crippen molar-refractivity contribution < 1.29 is 17.9 Å². The lowest BCUT2D eigenvalue weighted by atomic mass is 10.0. The minimum atomic E-state index is -4.31. The van der Waals surface area contributed by atoms with Crippen molar-refractivity contribution >= 4 is 37.4 Å². The maximum absolute atomic E-state index is 12.8. The molecule has 0 aliphatic heterocycles. The number of hydrogen-bond donors (Lipinski definition) is 0. The van der Waals surface area contributed by atoms with Gasteiger partial charge in [0.2, 0.25) is 0 Å². The fourth-order valence-electron chi connectivity index (χ4n) is 2.86. The van der Waals surface area contributed by atoms with Crippen molar-refractivity contribution in [2.75, 3.05) is 11.9 Å². The third-order valence-corrected chi connectivity index (χ3v) is 5.76. The van der Waals surface area contributed by atoms with E-state index in [1.807, 2.05) is 25.1 Å². The summed E-state index contributed by atoms with van der Waals surface area (Å²) >= 11 is 5.03. The van der Waals surface area contributed by atoms with Gasteiger partial charge in [-0.15, -0.1) is 11.3 Å². The maximum atomic E-state index is 12.8. The number of unbranched alkanes of at least 4 members (excludes halogenated alkanes) is 1. The summed E-state index contributed by atoms with van der Waals surface area (Å²) in [6.07, 6.45) is -2.26. The van der Waals surface area contributed by atoms with Crippen LogP contribution in [-0.4, -0.2) is 11.9 Å². The van der Waals surface area contributed by atoms with Gasteiger partial charge in [-0.1, -0.05) is 28.1 Å². The Bertz CT molecular complexity index is 884. The van der Waals surface area contributed by atoms with E-state index in [4.69, 9.17) is 4.74 Å². The molecule has 3 rings (SSSR count). The van der Waals surface area contributed by atoms with Crippen molar-refractivity contribution in [1.82, 2.24) is 0 Å². The predicted octanol–water partition coefficient (Wildman–Crippen LogP) is 7.45. The Kier molecular flexibility index (Phi) is 5.92. The van der Waals surface area contributed by atoms with Crippen LogP contribution in [0.5, 0.6) is 5.75 Å². The Morgan fingerprint density at radius 2 is 1.77 bits per heavy atom. The van der Waals surface area contributed by atoms with Gasteiger partial charge in [0.1, 0.15) is 5.75 Å². The number of fused-ring (bicyclic) bond motifs is 1. The Hall–Kier alpha value is -1.53. The van der Waals surface area contributed by atoms with Gasteiger partial charge in [-0.05, 0) is 55.7 Å². The third-order valence-electron chi connectivity index (χ3n) is 4.14. The Balaban J connectivity index is 1.88. The van der Waals surface area contributed by atoms with E-state index in [0.29, 0.717) is 6.61 Å². The zero-order valence-electron chi connectivity index (χ0n) is 14.2. The first-order valence-electron chi connectivity index (χ1n) is 8.29. The van der Waals surface area contributed by atoms with Crippen LogP contribution in [0, 0.1) is 6.92 Å². The van der Waals surface area contributed by atoms with Gasteiger partial charge in [0.05, 0.1) is 12.2 Å². The van der Waals surface area contributed by atoms with Crippen LogP contribution < -0.4 is 4.74 Å². The summed E-state index contributed by atoms with van der Waals surface area (Å²) in [6.45, 7) is 2.67. The van der Waals surface area contributed by atoms with Crippen molar-refractivity contribution in [2.45, 2.75) is 25.9 Å². The van der Waals surface area contributed by atoms with Gasteiger partial charge in [-0.2, -0.15) is 13.2 Å². The van der Waals surface area contributed by atoms with E-state index >= 15 is 0 Å². The fourth-order valence-corrected chi connectivity index (χ4v) is 4.37. The predicted molar refractivity (Wildman–Crippen MR) is 106 cm³/mol. The zero-order chi connectivity index (χ0) is 18.7. The normalized spacial score (nSPS) is 11.9. The molecule has 0 aliphatic carbocycles. The second-order valence-corrected chi connectivity index (χ2v) is 8.06. The molecule has 0 N–H and O–H groups in total. The van der Waals surface area contributed by atoms with E-state index in [9.17, 15) is 13.2 Å². The first kappa shape index (κ1) is 19.2. The van der Waals surface area contributed by atoms with Gasteiger partial charge in [0.15, 0.2) is 0 Å². The SMILES string of the molecule is Cc1sc2cc(OCCCCBr)ccc2c1-c1ccc(C(F)(F)F)cc1. The van der Waals surface area contributed by atoms with Crippen LogP contribution in [0.3, 0.4) is 0 Å². The molecule has 6 heteroatoms. The Morgan fingerprint density at radius 1 is 1.04 bits per heavy atom. The maximum Gasteiger partial charge on any atom is 0.416 e. The van der Waals surface area contributed by atoms with Crippen LogP contribution >= 0.6 is 27.3 Å². The number of thiophene rings is 1. The molecule has 0 saturated carbocycles. The zero-order valence-corrected chi connectivity index (χ0v) is 16.6. The van der Waals surface area contributed by atoms with Crippen molar-refractivity contribution in [2.24, 2.45) is 0 Å². The molecule has 0 radical (unpaired) electrons. The molecule has 1 nitrogen and oxygen atoms in total.